The van der Waals surface area contributed by atoms with Gasteiger partial charge in [-0.2, -0.15) is 0 Å². The second-order valence-corrected chi connectivity index (χ2v) is 5.46. The summed E-state index contributed by atoms with van der Waals surface area (Å²) >= 11 is 1.25. The Kier molecular flexibility index (Phi) is 4.18. The maximum atomic E-state index is 11.0. The number of aromatic nitrogens is 1. The van der Waals surface area contributed by atoms with Gasteiger partial charge in [-0.05, 0) is 18.8 Å². The van der Waals surface area contributed by atoms with Gasteiger partial charge in [0.1, 0.15) is 0 Å². The van der Waals surface area contributed by atoms with E-state index in [0.717, 1.165) is 18.2 Å². The fourth-order valence-electron chi connectivity index (χ4n) is 2.61. The molecule has 0 aliphatic heterocycles. The highest BCUT2D eigenvalue weighted by molar-refractivity contribution is 7.07. The Hall–Kier alpha value is -0.610. The molecule has 0 radical (unpaired) electrons. The Morgan fingerprint density at radius 2 is 2.31 bits per heavy atom. The Morgan fingerprint density at radius 3 is 3.00 bits per heavy atom. The van der Waals surface area contributed by atoms with E-state index in [-0.39, 0.29) is 4.87 Å². The van der Waals surface area contributed by atoms with Crippen LogP contribution in [0, 0.1) is 5.92 Å². The van der Waals surface area contributed by atoms with Crippen LogP contribution >= 0.6 is 11.3 Å². The van der Waals surface area contributed by atoms with E-state index in [9.17, 15) is 4.79 Å². The molecule has 1 aromatic heterocycles. The third kappa shape index (κ3) is 2.95. The van der Waals surface area contributed by atoms with Crippen LogP contribution < -0.4 is 10.2 Å². The smallest absolute Gasteiger partial charge is 0.304 e. The van der Waals surface area contributed by atoms with E-state index in [0.29, 0.717) is 6.04 Å². The lowest BCUT2D eigenvalue weighted by molar-refractivity contribution is 0.254. The lowest BCUT2D eigenvalue weighted by Gasteiger charge is -2.31. The summed E-state index contributed by atoms with van der Waals surface area (Å²) in [6, 6.07) is 0.641. The SMILES string of the molecule is CCC1CCCCC1NCc1csc(=O)[nH]1. The predicted molar refractivity (Wildman–Crippen MR) is 67.8 cm³/mol. The Bertz CT molecular complexity index is 371. The molecule has 1 aromatic rings. The summed E-state index contributed by atoms with van der Waals surface area (Å²) in [4.78, 5) is 13.9. The van der Waals surface area contributed by atoms with E-state index in [2.05, 4.69) is 17.2 Å². The number of hydrogen-bond donors (Lipinski definition) is 2. The minimum atomic E-state index is 0.0486. The molecule has 2 N–H and O–H groups in total. The van der Waals surface area contributed by atoms with Crippen LogP contribution in [-0.4, -0.2) is 11.0 Å². The van der Waals surface area contributed by atoms with Crippen LogP contribution in [0.2, 0.25) is 0 Å². The topological polar surface area (TPSA) is 44.9 Å². The minimum absolute atomic E-state index is 0.0486. The highest BCUT2D eigenvalue weighted by atomic mass is 32.1. The van der Waals surface area contributed by atoms with Crippen molar-refractivity contribution in [2.45, 2.75) is 51.6 Å². The highest BCUT2D eigenvalue weighted by Gasteiger charge is 2.22. The molecule has 16 heavy (non-hydrogen) atoms. The molecule has 1 fully saturated rings. The number of hydrogen-bond acceptors (Lipinski definition) is 3. The molecule has 0 bridgehead atoms. The van der Waals surface area contributed by atoms with Gasteiger partial charge in [0, 0.05) is 23.7 Å². The van der Waals surface area contributed by atoms with Gasteiger partial charge in [-0.15, -0.1) is 0 Å². The van der Waals surface area contributed by atoms with Gasteiger partial charge in [0.2, 0.25) is 0 Å². The second kappa shape index (κ2) is 5.64. The zero-order chi connectivity index (χ0) is 11.4. The van der Waals surface area contributed by atoms with E-state index >= 15 is 0 Å². The average Bonchev–Trinajstić information content (AvgIpc) is 2.73. The highest BCUT2D eigenvalue weighted by Crippen LogP contribution is 2.26. The molecular formula is C12H20N2OS. The number of H-pyrrole nitrogens is 1. The number of thiazole rings is 1. The maximum Gasteiger partial charge on any atom is 0.304 e. The van der Waals surface area contributed by atoms with Crippen molar-refractivity contribution in [3.8, 4) is 0 Å². The molecule has 0 aromatic carbocycles. The fourth-order valence-corrected chi connectivity index (χ4v) is 3.19. The molecule has 2 rings (SSSR count). The van der Waals surface area contributed by atoms with Crippen LogP contribution in [0.25, 0.3) is 0 Å². The van der Waals surface area contributed by atoms with Gasteiger partial charge < -0.3 is 10.3 Å². The van der Waals surface area contributed by atoms with Crippen molar-refractivity contribution in [1.82, 2.24) is 10.3 Å². The van der Waals surface area contributed by atoms with E-state index in [1.807, 2.05) is 5.38 Å². The summed E-state index contributed by atoms with van der Waals surface area (Å²) in [5.41, 5.74) is 1.02. The first kappa shape index (κ1) is 11.9. The third-order valence-corrected chi connectivity index (χ3v) is 4.28. The molecule has 0 saturated heterocycles. The summed E-state index contributed by atoms with van der Waals surface area (Å²) in [6.45, 7) is 3.08. The van der Waals surface area contributed by atoms with E-state index < -0.39 is 0 Å². The van der Waals surface area contributed by atoms with Crippen molar-refractivity contribution < 1.29 is 0 Å². The zero-order valence-corrected chi connectivity index (χ0v) is 10.6. The molecule has 2 unspecified atom stereocenters. The molecule has 90 valence electrons. The number of nitrogens with one attached hydrogen (secondary N) is 2. The summed E-state index contributed by atoms with van der Waals surface area (Å²) in [5, 5.41) is 5.50. The van der Waals surface area contributed by atoms with Gasteiger partial charge in [0.15, 0.2) is 0 Å². The van der Waals surface area contributed by atoms with Crippen molar-refractivity contribution in [2.24, 2.45) is 5.92 Å². The average molecular weight is 240 g/mol. The molecule has 1 saturated carbocycles. The lowest BCUT2D eigenvalue weighted by Crippen LogP contribution is -2.37. The number of rotatable bonds is 4. The number of aromatic amines is 1. The Labute approximate surface area is 100 Å². The largest absolute Gasteiger partial charge is 0.315 e. The predicted octanol–water partition coefficient (Wildman–Crippen LogP) is 2.49. The van der Waals surface area contributed by atoms with Gasteiger partial charge in [-0.1, -0.05) is 37.5 Å². The summed E-state index contributed by atoms with van der Waals surface area (Å²) in [7, 11) is 0. The molecule has 0 spiro atoms. The maximum absolute atomic E-state index is 11.0. The summed E-state index contributed by atoms with van der Waals surface area (Å²) in [5.74, 6) is 0.819. The first-order chi connectivity index (χ1) is 7.79. The zero-order valence-electron chi connectivity index (χ0n) is 9.79. The van der Waals surface area contributed by atoms with Gasteiger partial charge >= 0.3 is 4.87 Å². The Balaban J connectivity index is 1.86. The lowest BCUT2D eigenvalue weighted by atomic mass is 9.83. The summed E-state index contributed by atoms with van der Waals surface area (Å²) < 4.78 is 0. The van der Waals surface area contributed by atoms with E-state index in [1.54, 1.807) is 0 Å². The normalized spacial score (nSPS) is 25.8. The molecule has 3 nitrogen and oxygen atoms in total. The fraction of sp³-hybridized carbons (Fsp3) is 0.750. The first-order valence-electron chi connectivity index (χ1n) is 6.19. The van der Waals surface area contributed by atoms with E-state index in [4.69, 9.17) is 0 Å². The van der Waals surface area contributed by atoms with Crippen molar-refractivity contribution in [3.63, 3.8) is 0 Å². The van der Waals surface area contributed by atoms with E-state index in [1.165, 1.54) is 43.4 Å². The molecular weight excluding hydrogens is 220 g/mol. The van der Waals surface area contributed by atoms with Gasteiger partial charge in [-0.25, -0.2) is 0 Å². The van der Waals surface area contributed by atoms with Crippen molar-refractivity contribution in [3.05, 3.63) is 20.7 Å². The van der Waals surface area contributed by atoms with Gasteiger partial charge in [0.25, 0.3) is 0 Å². The third-order valence-electron chi connectivity index (χ3n) is 3.56. The van der Waals surface area contributed by atoms with Crippen LogP contribution in [0.1, 0.15) is 44.7 Å². The van der Waals surface area contributed by atoms with Crippen molar-refractivity contribution in [1.29, 1.82) is 0 Å². The quantitative estimate of drug-likeness (QED) is 0.849. The van der Waals surface area contributed by atoms with Crippen molar-refractivity contribution in [2.75, 3.05) is 0 Å². The van der Waals surface area contributed by atoms with Crippen LogP contribution in [-0.2, 0) is 6.54 Å². The molecule has 4 heteroatoms. The molecule has 1 aliphatic rings. The molecule has 2 atom stereocenters. The van der Waals surface area contributed by atoms with Crippen LogP contribution in [0.4, 0.5) is 0 Å². The minimum Gasteiger partial charge on any atom is -0.315 e. The summed E-state index contributed by atoms with van der Waals surface area (Å²) in [6.07, 6.45) is 6.62. The Morgan fingerprint density at radius 1 is 1.50 bits per heavy atom. The van der Waals surface area contributed by atoms with Crippen LogP contribution in [0.5, 0.6) is 0 Å². The van der Waals surface area contributed by atoms with Crippen molar-refractivity contribution >= 4 is 11.3 Å². The first-order valence-corrected chi connectivity index (χ1v) is 7.07. The standard InChI is InChI=1S/C12H20N2OS/c1-2-9-5-3-4-6-11(9)13-7-10-8-16-12(15)14-10/h8-9,11,13H,2-7H2,1H3,(H,14,15). The van der Waals surface area contributed by atoms with Gasteiger partial charge in [0.05, 0.1) is 0 Å². The van der Waals surface area contributed by atoms with Gasteiger partial charge in [-0.3, -0.25) is 4.79 Å². The van der Waals surface area contributed by atoms with Crippen LogP contribution in [0.3, 0.4) is 0 Å². The molecule has 1 heterocycles. The molecule has 0 amide bonds. The van der Waals surface area contributed by atoms with Crippen LogP contribution in [0.15, 0.2) is 10.2 Å². The molecule has 1 aliphatic carbocycles. The second-order valence-electron chi connectivity index (χ2n) is 4.61. The monoisotopic (exact) mass is 240 g/mol.